The zero-order valence-electron chi connectivity index (χ0n) is 14.0. The van der Waals surface area contributed by atoms with E-state index in [0.29, 0.717) is 17.5 Å². The van der Waals surface area contributed by atoms with E-state index < -0.39 is 0 Å². The molecule has 0 saturated carbocycles. The molecule has 8 heteroatoms. The molecule has 1 atom stereocenters. The Morgan fingerprint density at radius 1 is 1.21 bits per heavy atom. The average molecular weight is 354 g/mol. The lowest BCUT2D eigenvalue weighted by molar-refractivity contribution is -0.128. The molecule has 134 valence electrons. The fourth-order valence-electron chi connectivity index (χ4n) is 3.28. The predicted molar refractivity (Wildman–Crippen MR) is 92.2 cm³/mol. The molecule has 0 spiro atoms. The lowest BCUT2D eigenvalue weighted by atomic mass is 10.1. The number of hydrogen-bond donors (Lipinski definition) is 1. The maximum atomic E-state index is 12.5. The number of nitrogens with one attached hydrogen (secondary N) is 1. The van der Waals surface area contributed by atoms with E-state index in [9.17, 15) is 9.59 Å². The number of carbonyl (C=O) groups excluding carboxylic acids is 1. The Hall–Kier alpha value is -1.28. The number of thioether (sulfide) groups is 1. The normalized spacial score (nSPS) is 22.3. The summed E-state index contributed by atoms with van der Waals surface area (Å²) in [6, 6.07) is 0. The van der Waals surface area contributed by atoms with Gasteiger partial charge in [0.25, 0.3) is 0 Å². The number of likely N-dealkylation sites (tertiary alicyclic amines) is 1. The van der Waals surface area contributed by atoms with Crippen molar-refractivity contribution in [3.05, 3.63) is 10.5 Å². The molecule has 1 N–H and O–H groups in total. The monoisotopic (exact) mass is 354 g/mol. The summed E-state index contributed by atoms with van der Waals surface area (Å²) in [6.07, 6.45) is 7.94. The van der Waals surface area contributed by atoms with Gasteiger partial charge in [0.15, 0.2) is 5.16 Å². The Kier molecular flexibility index (Phi) is 6.37. The van der Waals surface area contributed by atoms with Crippen LogP contribution in [0.15, 0.2) is 9.95 Å². The van der Waals surface area contributed by atoms with E-state index in [0.717, 1.165) is 45.4 Å². The van der Waals surface area contributed by atoms with E-state index >= 15 is 0 Å². The van der Waals surface area contributed by atoms with Crippen LogP contribution in [-0.4, -0.2) is 57.1 Å². The SMILES string of the molecule is O=C(CSc1n[nH]c(=O)n1C[C@@H]1CCCO1)N1CCCCCCC1. The summed E-state index contributed by atoms with van der Waals surface area (Å²) in [7, 11) is 0. The van der Waals surface area contributed by atoms with Gasteiger partial charge in [0, 0.05) is 19.7 Å². The Morgan fingerprint density at radius 3 is 2.67 bits per heavy atom. The molecule has 1 aromatic rings. The molecule has 1 amide bonds. The number of amides is 1. The molecular weight excluding hydrogens is 328 g/mol. The first kappa shape index (κ1) is 17.5. The van der Waals surface area contributed by atoms with E-state index in [2.05, 4.69) is 10.2 Å². The smallest absolute Gasteiger partial charge is 0.344 e. The fourth-order valence-corrected chi connectivity index (χ4v) is 4.14. The lowest BCUT2D eigenvalue weighted by Crippen LogP contribution is -2.35. The first-order valence-electron chi connectivity index (χ1n) is 8.91. The summed E-state index contributed by atoms with van der Waals surface area (Å²) < 4.78 is 7.20. The van der Waals surface area contributed by atoms with Crippen LogP contribution in [0.2, 0.25) is 0 Å². The van der Waals surface area contributed by atoms with Crippen LogP contribution in [0.5, 0.6) is 0 Å². The Labute approximate surface area is 146 Å². The predicted octanol–water partition coefficient (Wildman–Crippen LogP) is 1.64. The molecule has 7 nitrogen and oxygen atoms in total. The number of nitrogens with zero attached hydrogens (tertiary/aromatic N) is 3. The molecule has 24 heavy (non-hydrogen) atoms. The molecule has 2 aliphatic heterocycles. The minimum Gasteiger partial charge on any atom is -0.376 e. The van der Waals surface area contributed by atoms with E-state index in [1.807, 2.05) is 4.90 Å². The minimum atomic E-state index is -0.230. The maximum absolute atomic E-state index is 12.5. The second-order valence-corrected chi connectivity index (χ2v) is 7.44. The summed E-state index contributed by atoms with van der Waals surface area (Å²) >= 11 is 1.34. The third-order valence-electron chi connectivity index (χ3n) is 4.67. The highest BCUT2D eigenvalue weighted by Gasteiger charge is 2.21. The quantitative estimate of drug-likeness (QED) is 0.813. The van der Waals surface area contributed by atoms with Crippen molar-refractivity contribution < 1.29 is 9.53 Å². The fraction of sp³-hybridized carbons (Fsp3) is 0.812. The summed E-state index contributed by atoms with van der Waals surface area (Å²) in [4.78, 5) is 26.4. The molecule has 3 rings (SSSR count). The van der Waals surface area contributed by atoms with Gasteiger partial charge < -0.3 is 9.64 Å². The third kappa shape index (κ3) is 4.63. The number of H-pyrrole nitrogens is 1. The van der Waals surface area contributed by atoms with Gasteiger partial charge in [-0.1, -0.05) is 31.0 Å². The summed E-state index contributed by atoms with van der Waals surface area (Å²) in [5.41, 5.74) is -0.230. The van der Waals surface area contributed by atoms with Crippen molar-refractivity contribution in [2.24, 2.45) is 0 Å². The molecule has 0 aromatic carbocycles. The zero-order chi connectivity index (χ0) is 16.8. The molecule has 0 unspecified atom stereocenters. The Morgan fingerprint density at radius 2 is 1.96 bits per heavy atom. The minimum absolute atomic E-state index is 0.0738. The van der Waals surface area contributed by atoms with Gasteiger partial charge >= 0.3 is 5.69 Å². The van der Waals surface area contributed by atoms with Gasteiger partial charge in [0.2, 0.25) is 5.91 Å². The van der Waals surface area contributed by atoms with Crippen molar-refractivity contribution in [3.63, 3.8) is 0 Å². The van der Waals surface area contributed by atoms with Crippen molar-refractivity contribution in [2.75, 3.05) is 25.4 Å². The van der Waals surface area contributed by atoms with Crippen LogP contribution in [0, 0.1) is 0 Å². The average Bonchev–Trinajstić information content (AvgIpc) is 3.17. The highest BCUT2D eigenvalue weighted by Crippen LogP contribution is 2.19. The van der Waals surface area contributed by atoms with Gasteiger partial charge in [-0.3, -0.25) is 9.36 Å². The van der Waals surface area contributed by atoms with Crippen molar-refractivity contribution in [2.45, 2.75) is 62.8 Å². The van der Waals surface area contributed by atoms with Crippen LogP contribution >= 0.6 is 11.8 Å². The van der Waals surface area contributed by atoms with E-state index in [4.69, 9.17) is 4.74 Å². The number of aromatic amines is 1. The highest BCUT2D eigenvalue weighted by molar-refractivity contribution is 7.99. The second kappa shape index (κ2) is 8.71. The lowest BCUT2D eigenvalue weighted by Gasteiger charge is -2.24. The van der Waals surface area contributed by atoms with Crippen LogP contribution in [0.25, 0.3) is 0 Å². The van der Waals surface area contributed by atoms with E-state index in [1.165, 1.54) is 31.0 Å². The van der Waals surface area contributed by atoms with Crippen LogP contribution < -0.4 is 5.69 Å². The molecule has 0 bridgehead atoms. The molecule has 0 radical (unpaired) electrons. The first-order valence-corrected chi connectivity index (χ1v) is 9.90. The van der Waals surface area contributed by atoms with Crippen LogP contribution in [-0.2, 0) is 16.1 Å². The van der Waals surface area contributed by atoms with Crippen molar-refractivity contribution in [1.29, 1.82) is 0 Å². The van der Waals surface area contributed by atoms with Crippen LogP contribution in [0.4, 0.5) is 0 Å². The van der Waals surface area contributed by atoms with Gasteiger partial charge in [0.05, 0.1) is 18.4 Å². The topological polar surface area (TPSA) is 80.2 Å². The molecule has 3 heterocycles. The molecular formula is C16H26N4O3S. The van der Waals surface area contributed by atoms with E-state index in [1.54, 1.807) is 4.57 Å². The van der Waals surface area contributed by atoms with Gasteiger partial charge in [-0.2, -0.15) is 0 Å². The number of ether oxygens (including phenoxy) is 1. The Balaban J connectivity index is 1.55. The van der Waals surface area contributed by atoms with E-state index in [-0.39, 0.29) is 17.7 Å². The zero-order valence-corrected chi connectivity index (χ0v) is 14.9. The molecule has 2 aliphatic rings. The summed E-state index contributed by atoms with van der Waals surface area (Å²) in [5, 5.41) is 7.14. The van der Waals surface area contributed by atoms with Crippen LogP contribution in [0.3, 0.4) is 0 Å². The van der Waals surface area contributed by atoms with Gasteiger partial charge in [-0.05, 0) is 25.7 Å². The van der Waals surface area contributed by atoms with Crippen molar-refractivity contribution in [3.8, 4) is 0 Å². The molecule has 2 saturated heterocycles. The Bertz CT molecular complexity index is 586. The molecule has 0 aliphatic carbocycles. The molecule has 2 fully saturated rings. The first-order chi connectivity index (χ1) is 11.7. The van der Waals surface area contributed by atoms with Crippen LogP contribution in [0.1, 0.15) is 44.9 Å². The molecule has 1 aromatic heterocycles. The standard InChI is InChI=1S/C16H26N4O3S/c21-14(19-8-4-2-1-3-5-9-19)12-24-16-18-17-15(22)20(16)11-13-7-6-10-23-13/h13H,1-12H2,(H,17,22)/t13-/m0/s1. The number of aromatic nitrogens is 3. The highest BCUT2D eigenvalue weighted by atomic mass is 32.2. The number of carbonyl (C=O) groups is 1. The largest absolute Gasteiger partial charge is 0.376 e. The summed E-state index contributed by atoms with van der Waals surface area (Å²) in [5.74, 6) is 0.469. The van der Waals surface area contributed by atoms with Crippen molar-refractivity contribution in [1.82, 2.24) is 19.7 Å². The summed E-state index contributed by atoms with van der Waals surface area (Å²) in [6.45, 7) is 2.97. The second-order valence-electron chi connectivity index (χ2n) is 6.49. The van der Waals surface area contributed by atoms with Gasteiger partial charge in [0.1, 0.15) is 0 Å². The van der Waals surface area contributed by atoms with Gasteiger partial charge in [-0.15, -0.1) is 5.10 Å². The third-order valence-corrected chi connectivity index (χ3v) is 5.63. The van der Waals surface area contributed by atoms with Crippen molar-refractivity contribution >= 4 is 17.7 Å². The number of rotatable bonds is 5. The number of hydrogen-bond acceptors (Lipinski definition) is 5. The maximum Gasteiger partial charge on any atom is 0.344 e. The van der Waals surface area contributed by atoms with Gasteiger partial charge in [-0.25, -0.2) is 9.89 Å².